The Kier molecular flexibility index (Phi) is 11.5. The summed E-state index contributed by atoms with van der Waals surface area (Å²) in [5.41, 5.74) is 6.15. The van der Waals surface area contributed by atoms with Crippen molar-refractivity contribution in [2.45, 2.75) is 46.3 Å². The van der Waals surface area contributed by atoms with E-state index in [0.717, 1.165) is 20.1 Å². The van der Waals surface area contributed by atoms with Crippen molar-refractivity contribution < 1.29 is 22.8 Å². The Morgan fingerprint density at radius 1 is 1.29 bits per heavy atom. The second-order valence-electron chi connectivity index (χ2n) is 10.0. The lowest BCUT2D eigenvalue weighted by Gasteiger charge is -2.34. The number of hydrogen-bond acceptors (Lipinski definition) is 6. The Morgan fingerprint density at radius 3 is 2.54 bits per heavy atom. The van der Waals surface area contributed by atoms with E-state index in [-0.39, 0.29) is 41.0 Å². The molecule has 0 saturated carbocycles. The maximum absolute atomic E-state index is 13.8. The predicted molar refractivity (Wildman–Crippen MR) is 158 cm³/mol. The summed E-state index contributed by atoms with van der Waals surface area (Å²) in [5, 5.41) is 13.1. The standard InChI is InChI=1S/C28H35ClF3N7O2/c1-6-7-10-39(18(3)13-35-15-40)26(36-14-27(4,5)28(30,31)32)19-11-21(29)24(38-25(19)37-16-41)23-17(2)8-9-22(34)20(23)12-33/h6,8-9,11-12,15-16,18,33H,1,7,10,13-14,34H2,2-5H3,(H,35,40)(H,37,38,41)/b33-12?,36-26+. The van der Waals surface area contributed by atoms with Crippen LogP contribution in [0.3, 0.4) is 0 Å². The minimum Gasteiger partial charge on any atom is -0.398 e. The Balaban J connectivity index is 2.91. The minimum atomic E-state index is -4.55. The molecule has 0 saturated heterocycles. The fraction of sp³-hybridized carbons (Fsp3) is 0.393. The van der Waals surface area contributed by atoms with Crippen LogP contribution in [0, 0.1) is 17.7 Å². The molecular formula is C28H35ClF3N7O2. The van der Waals surface area contributed by atoms with E-state index in [2.05, 4.69) is 27.2 Å². The van der Waals surface area contributed by atoms with Crippen LogP contribution < -0.4 is 16.4 Å². The third-order valence-corrected chi connectivity index (χ3v) is 6.84. The van der Waals surface area contributed by atoms with Gasteiger partial charge in [0.25, 0.3) is 0 Å². The number of amidine groups is 1. The first-order chi connectivity index (χ1) is 19.2. The van der Waals surface area contributed by atoms with Gasteiger partial charge >= 0.3 is 6.18 Å². The van der Waals surface area contributed by atoms with Crippen molar-refractivity contribution in [3.8, 4) is 11.3 Å². The highest BCUT2D eigenvalue weighted by Crippen LogP contribution is 2.39. The summed E-state index contributed by atoms with van der Waals surface area (Å²) in [7, 11) is 0. The molecule has 13 heteroatoms. The zero-order valence-corrected chi connectivity index (χ0v) is 24.2. The number of benzene rings is 1. The quantitative estimate of drug-likeness (QED) is 0.0784. The monoisotopic (exact) mass is 593 g/mol. The molecule has 0 aliphatic carbocycles. The Bertz CT molecular complexity index is 1310. The van der Waals surface area contributed by atoms with Crippen LogP contribution in [0.15, 0.2) is 35.8 Å². The molecule has 1 unspecified atom stereocenters. The zero-order valence-electron chi connectivity index (χ0n) is 23.4. The first-order valence-electron chi connectivity index (χ1n) is 12.7. The van der Waals surface area contributed by atoms with E-state index in [0.29, 0.717) is 41.6 Å². The highest BCUT2D eigenvalue weighted by Gasteiger charge is 2.47. The molecule has 1 atom stereocenters. The average molecular weight is 594 g/mol. The molecule has 0 spiro atoms. The predicted octanol–water partition coefficient (Wildman–Crippen LogP) is 5.21. The van der Waals surface area contributed by atoms with Gasteiger partial charge in [-0.3, -0.25) is 14.6 Å². The number of alkyl halides is 3. The lowest BCUT2D eigenvalue weighted by molar-refractivity contribution is -0.207. The zero-order chi connectivity index (χ0) is 31.0. The Labute approximate surface area is 242 Å². The van der Waals surface area contributed by atoms with Crippen LogP contribution in [0.25, 0.3) is 11.3 Å². The van der Waals surface area contributed by atoms with Gasteiger partial charge in [-0.1, -0.05) is 23.7 Å². The third-order valence-electron chi connectivity index (χ3n) is 6.55. The number of amides is 2. The van der Waals surface area contributed by atoms with Gasteiger partial charge in [0.2, 0.25) is 12.8 Å². The number of rotatable bonds is 14. The van der Waals surface area contributed by atoms with Gasteiger partial charge in [0.1, 0.15) is 11.7 Å². The summed E-state index contributed by atoms with van der Waals surface area (Å²) >= 11 is 6.75. The second kappa shape index (κ2) is 14.1. The molecule has 1 aromatic heterocycles. The lowest BCUT2D eigenvalue weighted by atomic mass is 9.93. The van der Waals surface area contributed by atoms with Crippen molar-refractivity contribution in [2.75, 3.05) is 30.7 Å². The van der Waals surface area contributed by atoms with Crippen LogP contribution >= 0.6 is 11.6 Å². The van der Waals surface area contributed by atoms with Crippen molar-refractivity contribution in [1.29, 1.82) is 5.41 Å². The van der Waals surface area contributed by atoms with E-state index in [1.807, 2.05) is 0 Å². The summed E-state index contributed by atoms with van der Waals surface area (Å²) in [6.45, 7) is 9.16. The molecule has 2 aromatic rings. The molecule has 1 heterocycles. The summed E-state index contributed by atoms with van der Waals surface area (Å²) in [4.78, 5) is 33.4. The van der Waals surface area contributed by atoms with Crippen molar-refractivity contribution in [1.82, 2.24) is 15.2 Å². The van der Waals surface area contributed by atoms with Gasteiger partial charge in [0.05, 0.1) is 28.2 Å². The van der Waals surface area contributed by atoms with Crippen LogP contribution in [-0.2, 0) is 9.59 Å². The van der Waals surface area contributed by atoms with E-state index in [9.17, 15) is 22.8 Å². The molecule has 9 nitrogen and oxygen atoms in total. The Hall–Kier alpha value is -3.93. The first kappa shape index (κ1) is 33.3. The molecular weight excluding hydrogens is 559 g/mol. The van der Waals surface area contributed by atoms with Crippen molar-refractivity contribution in [3.63, 3.8) is 0 Å². The number of halogens is 4. The van der Waals surface area contributed by atoms with Crippen LogP contribution in [0.2, 0.25) is 5.02 Å². The van der Waals surface area contributed by atoms with Crippen molar-refractivity contribution >= 4 is 48.0 Å². The van der Waals surface area contributed by atoms with E-state index < -0.39 is 24.2 Å². The lowest BCUT2D eigenvalue weighted by Crippen LogP contribution is -2.46. The number of aromatic nitrogens is 1. The first-order valence-corrected chi connectivity index (χ1v) is 13.1. The summed E-state index contributed by atoms with van der Waals surface area (Å²) in [6, 6.07) is 4.41. The highest BCUT2D eigenvalue weighted by molar-refractivity contribution is 6.34. The van der Waals surface area contributed by atoms with Gasteiger partial charge in [-0.15, -0.1) is 6.58 Å². The number of nitrogens with one attached hydrogen (secondary N) is 3. The number of anilines is 2. The molecule has 41 heavy (non-hydrogen) atoms. The number of hydrogen-bond donors (Lipinski definition) is 4. The normalized spacial score (nSPS) is 12.8. The molecule has 1 aromatic carbocycles. The average Bonchev–Trinajstić information content (AvgIpc) is 2.90. The number of aryl methyl sites for hydroxylation is 1. The van der Waals surface area contributed by atoms with Crippen LogP contribution in [0.4, 0.5) is 24.7 Å². The number of nitrogens with two attached hydrogens (primary N) is 1. The molecule has 0 aliphatic rings. The fourth-order valence-corrected chi connectivity index (χ4v) is 4.25. The topological polar surface area (TPSA) is 137 Å². The number of pyridine rings is 1. The third kappa shape index (κ3) is 7.84. The summed E-state index contributed by atoms with van der Waals surface area (Å²) in [5.74, 6) is 0.0751. The fourth-order valence-electron chi connectivity index (χ4n) is 4.00. The van der Waals surface area contributed by atoms with Crippen molar-refractivity contribution in [3.05, 3.63) is 52.6 Å². The van der Waals surface area contributed by atoms with Crippen LogP contribution in [-0.4, -0.2) is 66.6 Å². The van der Waals surface area contributed by atoms with Crippen LogP contribution in [0.1, 0.15) is 43.9 Å². The summed E-state index contributed by atoms with van der Waals surface area (Å²) < 4.78 is 41.4. The minimum absolute atomic E-state index is 0.0140. The van der Waals surface area contributed by atoms with E-state index in [4.69, 9.17) is 22.7 Å². The number of nitrogen functional groups attached to an aromatic ring is 1. The molecule has 0 radical (unpaired) electrons. The maximum atomic E-state index is 13.8. The second-order valence-corrected chi connectivity index (χ2v) is 10.5. The number of nitrogens with zero attached hydrogens (tertiary/aromatic N) is 3. The summed E-state index contributed by atoms with van der Waals surface area (Å²) in [6.07, 6.45) is -0.487. The van der Waals surface area contributed by atoms with E-state index in [1.165, 1.54) is 6.07 Å². The van der Waals surface area contributed by atoms with Gasteiger partial charge < -0.3 is 26.7 Å². The molecule has 0 aliphatic heterocycles. The number of carbonyl (C=O) groups excluding carboxylic acids is 2. The van der Waals surface area contributed by atoms with Gasteiger partial charge in [-0.05, 0) is 51.8 Å². The number of carbonyl (C=O) groups is 2. The molecule has 0 fully saturated rings. The SMILES string of the molecule is C=CCCN(/C(=N/CC(C)(C)C(F)(F)F)c1cc(Cl)c(-c2c(C)ccc(N)c2C=N)nc1NC=O)C(C)CNC=O. The van der Waals surface area contributed by atoms with Gasteiger partial charge in [0.15, 0.2) is 0 Å². The molecule has 222 valence electrons. The van der Waals surface area contributed by atoms with Gasteiger partial charge in [-0.25, -0.2) is 4.98 Å². The largest absolute Gasteiger partial charge is 0.398 e. The molecule has 0 bridgehead atoms. The van der Waals surface area contributed by atoms with Crippen molar-refractivity contribution in [2.24, 2.45) is 10.4 Å². The van der Waals surface area contributed by atoms with Gasteiger partial charge in [-0.2, -0.15) is 13.2 Å². The molecule has 2 amide bonds. The maximum Gasteiger partial charge on any atom is 0.395 e. The van der Waals surface area contributed by atoms with Crippen LogP contribution in [0.5, 0.6) is 0 Å². The smallest absolute Gasteiger partial charge is 0.395 e. The molecule has 2 rings (SSSR count). The number of aliphatic imine (C=N–C) groups is 1. The highest BCUT2D eigenvalue weighted by atomic mass is 35.5. The van der Waals surface area contributed by atoms with Gasteiger partial charge in [0, 0.05) is 42.2 Å². The Morgan fingerprint density at radius 2 is 1.98 bits per heavy atom. The van der Waals surface area contributed by atoms with E-state index in [1.54, 1.807) is 37.0 Å². The van der Waals surface area contributed by atoms with E-state index >= 15 is 0 Å². The molecule has 5 N–H and O–H groups in total.